The van der Waals surface area contributed by atoms with Crippen molar-refractivity contribution in [3.63, 3.8) is 0 Å². The summed E-state index contributed by atoms with van der Waals surface area (Å²) in [5.74, 6) is 3.14. The number of hydrogen-bond donors (Lipinski definition) is 0. The Balaban J connectivity index is 1.75. The highest BCUT2D eigenvalue weighted by Crippen LogP contribution is 2.65. The topological polar surface area (TPSA) is 34.1 Å². The fourth-order valence-electron chi connectivity index (χ4n) is 6.65. The number of fused-ring (bicyclic) bond motifs is 5. The monoisotopic (exact) mass is 300 g/mol. The second-order valence-corrected chi connectivity index (χ2v) is 8.97. The molecule has 0 N–H and O–H groups in total. The van der Waals surface area contributed by atoms with Crippen LogP contribution in [0.15, 0.2) is 11.6 Å². The molecule has 0 aromatic rings. The van der Waals surface area contributed by atoms with Crippen LogP contribution in [0.25, 0.3) is 0 Å². The molecule has 22 heavy (non-hydrogen) atoms. The van der Waals surface area contributed by atoms with E-state index in [1.807, 2.05) is 0 Å². The number of carbonyl (C=O) groups is 2. The lowest BCUT2D eigenvalue weighted by Crippen LogP contribution is -2.52. The minimum absolute atomic E-state index is 0.0267. The van der Waals surface area contributed by atoms with Crippen LogP contribution in [0.1, 0.15) is 65.7 Å². The van der Waals surface area contributed by atoms with Gasteiger partial charge in [0.1, 0.15) is 0 Å². The van der Waals surface area contributed by atoms with Crippen molar-refractivity contribution in [1.29, 1.82) is 0 Å². The van der Waals surface area contributed by atoms with E-state index in [4.69, 9.17) is 0 Å². The highest BCUT2D eigenvalue weighted by atomic mass is 16.1. The molecule has 2 nitrogen and oxygen atoms in total. The van der Waals surface area contributed by atoms with Crippen LogP contribution in [0.3, 0.4) is 0 Å². The van der Waals surface area contributed by atoms with E-state index < -0.39 is 0 Å². The molecule has 0 aromatic heterocycles. The van der Waals surface area contributed by atoms with Gasteiger partial charge < -0.3 is 0 Å². The lowest BCUT2D eigenvalue weighted by Gasteiger charge is -2.57. The molecule has 0 bridgehead atoms. The maximum absolute atomic E-state index is 12.8. The van der Waals surface area contributed by atoms with Gasteiger partial charge in [-0.25, -0.2) is 0 Å². The Morgan fingerprint density at radius 3 is 2.59 bits per heavy atom. The number of allylic oxidation sites excluding steroid dienone is 1. The van der Waals surface area contributed by atoms with Crippen LogP contribution in [0.2, 0.25) is 0 Å². The molecule has 6 atom stereocenters. The minimum atomic E-state index is -0.0267. The van der Waals surface area contributed by atoms with Gasteiger partial charge in [0.15, 0.2) is 11.6 Å². The summed E-state index contributed by atoms with van der Waals surface area (Å²) in [4.78, 5) is 24.6. The normalized spacial score (nSPS) is 51.0. The first-order valence-corrected chi connectivity index (χ1v) is 9.14. The predicted molar refractivity (Wildman–Crippen MR) is 86.3 cm³/mol. The number of hydrogen-bond acceptors (Lipinski definition) is 2. The van der Waals surface area contributed by atoms with Gasteiger partial charge in [-0.15, -0.1) is 0 Å². The second kappa shape index (κ2) is 4.55. The van der Waals surface area contributed by atoms with Crippen molar-refractivity contribution >= 4 is 11.6 Å². The van der Waals surface area contributed by atoms with E-state index in [1.165, 1.54) is 25.7 Å². The molecule has 2 heteroatoms. The summed E-state index contributed by atoms with van der Waals surface area (Å²) in [6.45, 7) is 7.17. The van der Waals surface area contributed by atoms with Crippen molar-refractivity contribution in [2.45, 2.75) is 65.7 Å². The van der Waals surface area contributed by atoms with Gasteiger partial charge in [-0.3, -0.25) is 9.59 Å². The van der Waals surface area contributed by atoms with Gasteiger partial charge in [0.25, 0.3) is 0 Å². The first-order valence-electron chi connectivity index (χ1n) is 9.14. The van der Waals surface area contributed by atoms with E-state index in [2.05, 4.69) is 20.8 Å². The van der Waals surface area contributed by atoms with E-state index in [0.29, 0.717) is 30.1 Å². The molecular formula is C20H28O2. The zero-order valence-corrected chi connectivity index (χ0v) is 14.2. The molecule has 4 aliphatic carbocycles. The smallest absolute Gasteiger partial charge is 0.159 e. The average Bonchev–Trinajstić information content (AvgIpc) is 2.77. The van der Waals surface area contributed by atoms with Crippen LogP contribution in [0.4, 0.5) is 0 Å². The third-order valence-electron chi connectivity index (χ3n) is 8.26. The van der Waals surface area contributed by atoms with Gasteiger partial charge in [0.05, 0.1) is 0 Å². The summed E-state index contributed by atoms with van der Waals surface area (Å²) in [7, 11) is 0. The van der Waals surface area contributed by atoms with Gasteiger partial charge in [0, 0.05) is 18.4 Å². The van der Waals surface area contributed by atoms with E-state index >= 15 is 0 Å². The van der Waals surface area contributed by atoms with E-state index in [1.54, 1.807) is 6.08 Å². The van der Waals surface area contributed by atoms with E-state index in [9.17, 15) is 9.59 Å². The van der Waals surface area contributed by atoms with Gasteiger partial charge >= 0.3 is 0 Å². The third kappa shape index (κ3) is 1.73. The summed E-state index contributed by atoms with van der Waals surface area (Å²) < 4.78 is 0. The number of Topliss-reactive ketones (excluding diaryl/α,β-unsaturated/α-hetero) is 1. The summed E-state index contributed by atoms with van der Waals surface area (Å²) in [6, 6.07) is 0. The summed E-state index contributed by atoms with van der Waals surface area (Å²) in [5.41, 5.74) is 1.30. The van der Waals surface area contributed by atoms with Crippen molar-refractivity contribution in [2.24, 2.45) is 34.5 Å². The molecule has 3 saturated carbocycles. The van der Waals surface area contributed by atoms with Crippen molar-refractivity contribution < 1.29 is 9.59 Å². The van der Waals surface area contributed by atoms with Crippen LogP contribution in [0.5, 0.6) is 0 Å². The molecule has 4 rings (SSSR count). The van der Waals surface area contributed by atoms with Crippen LogP contribution >= 0.6 is 0 Å². The fourth-order valence-corrected chi connectivity index (χ4v) is 6.65. The van der Waals surface area contributed by atoms with Gasteiger partial charge in [-0.2, -0.15) is 0 Å². The number of ketones is 2. The van der Waals surface area contributed by atoms with Crippen molar-refractivity contribution in [1.82, 2.24) is 0 Å². The van der Waals surface area contributed by atoms with Gasteiger partial charge in [-0.05, 0) is 72.7 Å². The average molecular weight is 300 g/mol. The summed E-state index contributed by atoms with van der Waals surface area (Å²) in [5, 5.41) is 0. The molecule has 0 aliphatic heterocycles. The zero-order chi connectivity index (χ0) is 15.7. The molecule has 0 amide bonds. The first-order chi connectivity index (χ1) is 10.4. The SMILES string of the molecule is C[C@H]1CCC2C3CC(=O)C4=CC(=O)CC[C@]4(C)C3CC[C@@]21C. The number of carbonyl (C=O) groups excluding carboxylic acids is 2. The Kier molecular flexibility index (Phi) is 3.03. The highest BCUT2D eigenvalue weighted by molar-refractivity contribution is 6.05. The Morgan fingerprint density at radius 2 is 1.82 bits per heavy atom. The molecule has 120 valence electrons. The largest absolute Gasteiger partial charge is 0.295 e. The Hall–Kier alpha value is -0.920. The Morgan fingerprint density at radius 1 is 1.05 bits per heavy atom. The molecule has 3 unspecified atom stereocenters. The lowest BCUT2D eigenvalue weighted by molar-refractivity contribution is -0.131. The number of rotatable bonds is 0. The van der Waals surface area contributed by atoms with Crippen LogP contribution < -0.4 is 0 Å². The van der Waals surface area contributed by atoms with Crippen molar-refractivity contribution in [3.8, 4) is 0 Å². The lowest BCUT2D eigenvalue weighted by atomic mass is 9.46. The maximum atomic E-state index is 12.8. The van der Waals surface area contributed by atoms with Gasteiger partial charge in [-0.1, -0.05) is 20.8 Å². The highest BCUT2D eigenvalue weighted by Gasteiger charge is 2.59. The predicted octanol–water partition coefficient (Wildman–Crippen LogP) is 4.33. The molecule has 3 fully saturated rings. The molecule has 0 aromatic carbocycles. The molecule has 0 heterocycles. The quantitative estimate of drug-likeness (QED) is 0.667. The van der Waals surface area contributed by atoms with E-state index in [0.717, 1.165) is 23.8 Å². The third-order valence-corrected chi connectivity index (χ3v) is 8.26. The Labute approximate surface area is 133 Å². The first kappa shape index (κ1) is 14.7. The van der Waals surface area contributed by atoms with Crippen LogP contribution in [-0.4, -0.2) is 11.6 Å². The summed E-state index contributed by atoms with van der Waals surface area (Å²) in [6.07, 6.45) is 9.12. The second-order valence-electron chi connectivity index (χ2n) is 8.97. The fraction of sp³-hybridized carbons (Fsp3) is 0.800. The zero-order valence-electron chi connectivity index (χ0n) is 14.2. The van der Waals surface area contributed by atoms with E-state index in [-0.39, 0.29) is 17.0 Å². The molecule has 4 aliphatic rings. The van der Waals surface area contributed by atoms with Crippen LogP contribution in [0, 0.1) is 34.5 Å². The van der Waals surface area contributed by atoms with Gasteiger partial charge in [0.2, 0.25) is 0 Å². The molecule has 0 saturated heterocycles. The molecule has 0 spiro atoms. The summed E-state index contributed by atoms with van der Waals surface area (Å²) >= 11 is 0. The standard InChI is InChI=1S/C20H28O2/c1-12-4-5-15-14-11-18(22)17-10-13(21)6-8-20(17,3)16(14)7-9-19(12,15)2/h10,12,14-16H,4-9,11H2,1-3H3/t12-,14?,15?,16?,19+,20+/m0/s1. The molecular weight excluding hydrogens is 272 g/mol. The maximum Gasteiger partial charge on any atom is 0.159 e. The van der Waals surface area contributed by atoms with Crippen molar-refractivity contribution in [2.75, 3.05) is 0 Å². The van der Waals surface area contributed by atoms with Crippen molar-refractivity contribution in [3.05, 3.63) is 11.6 Å². The Bertz CT molecular complexity index is 574. The van der Waals surface area contributed by atoms with Crippen LogP contribution in [-0.2, 0) is 9.59 Å². The minimum Gasteiger partial charge on any atom is -0.295 e. The molecule has 0 radical (unpaired) electrons.